The van der Waals surface area contributed by atoms with Gasteiger partial charge in [-0.3, -0.25) is 4.79 Å². The monoisotopic (exact) mass is 601 g/mol. The average molecular weight is 602 g/mol. The summed E-state index contributed by atoms with van der Waals surface area (Å²) < 4.78 is 82.4. The predicted molar refractivity (Wildman–Crippen MR) is 132 cm³/mol. The van der Waals surface area contributed by atoms with E-state index in [0.717, 1.165) is 6.07 Å². The van der Waals surface area contributed by atoms with Gasteiger partial charge in [0, 0.05) is 19.2 Å². The number of carboxylic acid groups (broad SMARTS) is 1. The third kappa shape index (κ3) is 5.07. The number of amides is 1. The number of rotatable bonds is 8. The highest BCUT2D eigenvalue weighted by molar-refractivity contribution is 7.91. The summed E-state index contributed by atoms with van der Waals surface area (Å²) in [6.07, 6.45) is -5.67. The van der Waals surface area contributed by atoms with Crippen LogP contribution in [0.15, 0.2) is 57.3 Å². The van der Waals surface area contributed by atoms with Crippen LogP contribution in [0.4, 0.5) is 18.0 Å². The van der Waals surface area contributed by atoms with Crippen molar-refractivity contribution in [2.24, 2.45) is 0 Å². The summed E-state index contributed by atoms with van der Waals surface area (Å²) in [4.78, 5) is 26.8. The van der Waals surface area contributed by atoms with Crippen LogP contribution in [0.2, 0.25) is 0 Å². The number of ether oxygens (including phenoxy) is 2. The van der Waals surface area contributed by atoms with E-state index in [1.165, 1.54) is 11.0 Å². The molecular weight excluding hydrogens is 579 g/mol. The molecule has 3 aromatic rings. The van der Waals surface area contributed by atoms with Gasteiger partial charge in [0.15, 0.2) is 0 Å². The Kier molecular flexibility index (Phi) is 7.14. The van der Waals surface area contributed by atoms with Crippen LogP contribution in [0.25, 0.3) is 10.6 Å². The first kappa shape index (κ1) is 28.1. The van der Waals surface area contributed by atoms with E-state index in [1.54, 1.807) is 30.3 Å². The third-order valence-corrected chi connectivity index (χ3v) is 9.95. The number of morpholine rings is 1. The molecule has 214 valence electrons. The summed E-state index contributed by atoms with van der Waals surface area (Å²) in [6.45, 7) is 0.824. The number of carbonyl (C=O) groups is 2. The van der Waals surface area contributed by atoms with Crippen molar-refractivity contribution in [1.82, 2.24) is 14.8 Å². The lowest BCUT2D eigenvalue weighted by Crippen LogP contribution is -2.50. The maximum absolute atomic E-state index is 13.4. The second-order valence-corrected chi connectivity index (χ2v) is 12.3. The van der Waals surface area contributed by atoms with Gasteiger partial charge in [-0.1, -0.05) is 35.5 Å². The molecule has 3 heterocycles. The Balaban J connectivity index is 1.42. The number of alkyl halides is 3. The van der Waals surface area contributed by atoms with Gasteiger partial charge in [-0.05, 0) is 24.1 Å². The zero-order chi connectivity index (χ0) is 28.8. The highest BCUT2D eigenvalue weighted by atomic mass is 32.2. The average Bonchev–Trinajstić information content (AvgIpc) is 3.30. The Hall–Kier alpha value is -3.47. The zero-order valence-corrected chi connectivity index (χ0v) is 22.1. The minimum Gasteiger partial charge on any atom is -0.480 e. The van der Waals surface area contributed by atoms with Crippen molar-refractivity contribution < 1.29 is 50.3 Å². The van der Waals surface area contributed by atoms with Crippen molar-refractivity contribution in [3.05, 3.63) is 59.9 Å². The van der Waals surface area contributed by atoms with Crippen molar-refractivity contribution in [3.63, 3.8) is 0 Å². The molecule has 1 amide bonds. The molecule has 11 nitrogen and oxygen atoms in total. The molecule has 2 fully saturated rings. The van der Waals surface area contributed by atoms with Gasteiger partial charge in [0.2, 0.25) is 5.76 Å². The number of hydrogen-bond donors (Lipinski definition) is 2. The number of carboxylic acids is 1. The molecule has 1 aliphatic carbocycles. The van der Waals surface area contributed by atoms with E-state index in [0.29, 0.717) is 49.3 Å². The van der Waals surface area contributed by atoms with E-state index >= 15 is 0 Å². The second kappa shape index (κ2) is 10.2. The van der Waals surface area contributed by atoms with Crippen LogP contribution in [-0.4, -0.2) is 74.1 Å². The predicted octanol–water partition coefficient (Wildman–Crippen LogP) is 3.33. The normalized spacial score (nSPS) is 23.1. The first-order valence-electron chi connectivity index (χ1n) is 11.8. The number of aliphatic carboxylic acids is 1. The number of aromatic nitrogens is 1. The number of nitrogens with one attached hydrogen (secondary N) is 1. The lowest BCUT2D eigenvalue weighted by molar-refractivity contribution is -0.155. The lowest BCUT2D eigenvalue weighted by Gasteiger charge is -2.28. The number of thiophene rings is 1. The molecule has 1 saturated heterocycles. The van der Waals surface area contributed by atoms with Gasteiger partial charge >= 0.3 is 18.2 Å². The highest BCUT2D eigenvalue weighted by Crippen LogP contribution is 2.59. The molecule has 2 aromatic heterocycles. The Morgan fingerprint density at radius 1 is 1.15 bits per heavy atom. The molecule has 0 unspecified atom stereocenters. The van der Waals surface area contributed by atoms with Gasteiger partial charge in [-0.25, -0.2) is 13.2 Å². The van der Waals surface area contributed by atoms with Crippen LogP contribution < -0.4 is 4.72 Å². The SMILES string of the molecule is O=C(OC[C@@]1(c2ccccc2)C[C@]1(NS(=O)(=O)c1ccc(-c2cc(C(F)(F)F)on2)s1)C(=O)O)N1CCOCC1. The number of carbonyl (C=O) groups excluding carboxylic acids is 1. The van der Waals surface area contributed by atoms with Crippen molar-refractivity contribution in [1.29, 1.82) is 0 Å². The fraction of sp³-hybridized carbons (Fsp3) is 0.375. The molecule has 16 heteroatoms. The Morgan fingerprint density at radius 2 is 1.85 bits per heavy atom. The number of hydrogen-bond acceptors (Lipinski definition) is 9. The number of halogens is 3. The van der Waals surface area contributed by atoms with E-state index in [2.05, 4.69) is 14.4 Å². The molecule has 1 saturated carbocycles. The minimum absolute atomic E-state index is 0.0635. The number of nitrogens with zero attached hydrogens (tertiary/aromatic N) is 2. The Morgan fingerprint density at radius 3 is 2.48 bits per heavy atom. The van der Waals surface area contributed by atoms with Gasteiger partial charge in [-0.15, -0.1) is 11.3 Å². The molecule has 1 aliphatic heterocycles. The summed E-state index contributed by atoms with van der Waals surface area (Å²) in [7, 11) is -4.51. The summed E-state index contributed by atoms with van der Waals surface area (Å²) in [5, 5.41) is 13.6. The molecular formula is C24H22F3N3O8S2. The molecule has 2 N–H and O–H groups in total. The highest BCUT2D eigenvalue weighted by Gasteiger charge is 2.75. The Bertz CT molecular complexity index is 1520. The fourth-order valence-electron chi connectivity index (χ4n) is 4.66. The van der Waals surface area contributed by atoms with E-state index in [-0.39, 0.29) is 21.2 Å². The molecule has 0 radical (unpaired) electrons. The lowest BCUT2D eigenvalue weighted by atomic mass is 9.91. The van der Waals surface area contributed by atoms with E-state index in [9.17, 15) is 36.3 Å². The van der Waals surface area contributed by atoms with E-state index in [4.69, 9.17) is 9.47 Å². The summed E-state index contributed by atoms with van der Waals surface area (Å²) in [5.41, 5.74) is -3.28. The Labute approximate surface area is 229 Å². The summed E-state index contributed by atoms with van der Waals surface area (Å²) in [5.74, 6) is -2.83. The van der Waals surface area contributed by atoms with Gasteiger partial charge < -0.3 is 24.0 Å². The van der Waals surface area contributed by atoms with Gasteiger partial charge in [0.1, 0.15) is 22.0 Å². The van der Waals surface area contributed by atoms with Crippen LogP contribution in [0.5, 0.6) is 0 Å². The van der Waals surface area contributed by atoms with Crippen molar-refractivity contribution >= 4 is 33.4 Å². The van der Waals surface area contributed by atoms with Gasteiger partial charge in [-0.2, -0.15) is 17.9 Å². The van der Waals surface area contributed by atoms with Crippen LogP contribution in [0.1, 0.15) is 17.7 Å². The van der Waals surface area contributed by atoms with Crippen molar-refractivity contribution in [2.45, 2.75) is 27.8 Å². The smallest absolute Gasteiger partial charge is 0.452 e. The van der Waals surface area contributed by atoms with Crippen LogP contribution >= 0.6 is 11.3 Å². The first-order chi connectivity index (χ1) is 18.9. The van der Waals surface area contributed by atoms with Crippen LogP contribution in [0, 0.1) is 0 Å². The first-order valence-corrected chi connectivity index (χ1v) is 14.1. The molecule has 5 rings (SSSR count). The summed E-state index contributed by atoms with van der Waals surface area (Å²) >= 11 is 0.593. The third-order valence-electron chi connectivity index (χ3n) is 6.86. The van der Waals surface area contributed by atoms with E-state index < -0.39 is 51.6 Å². The number of benzene rings is 1. The van der Waals surface area contributed by atoms with E-state index in [1.807, 2.05) is 0 Å². The second-order valence-electron chi connectivity index (χ2n) is 9.29. The zero-order valence-electron chi connectivity index (χ0n) is 20.5. The van der Waals surface area contributed by atoms with Crippen LogP contribution in [0.3, 0.4) is 0 Å². The van der Waals surface area contributed by atoms with Gasteiger partial charge in [0.25, 0.3) is 10.0 Å². The quantitative estimate of drug-likeness (QED) is 0.397. The molecule has 2 atom stereocenters. The topological polar surface area (TPSA) is 148 Å². The maximum Gasteiger partial charge on any atom is 0.452 e. The van der Waals surface area contributed by atoms with Crippen molar-refractivity contribution in [3.8, 4) is 10.6 Å². The maximum atomic E-state index is 13.4. The molecule has 2 aliphatic rings. The standard InChI is InChI=1S/C24H22F3N3O8S2/c25-24(26,27)18-12-16(28-38-18)17-6-7-19(39-17)40(34,35)29-23(20(31)32)13-22(23,15-4-2-1-3-5-15)14-37-21(33)30-8-10-36-11-9-30/h1-7,12,29H,8-11,13-14H2,(H,31,32)/t22-,23+/m1/s1. The summed E-state index contributed by atoms with van der Waals surface area (Å²) in [6, 6.07) is 11.3. The largest absolute Gasteiger partial charge is 0.480 e. The van der Waals surface area contributed by atoms with Crippen LogP contribution in [-0.2, 0) is 35.9 Å². The van der Waals surface area contributed by atoms with Crippen molar-refractivity contribution in [2.75, 3.05) is 32.9 Å². The molecule has 40 heavy (non-hydrogen) atoms. The molecule has 0 spiro atoms. The molecule has 1 aromatic carbocycles. The minimum atomic E-state index is -4.77. The number of sulfonamides is 1. The fourth-order valence-corrected chi connectivity index (χ4v) is 7.34. The molecule has 0 bridgehead atoms. The van der Waals surface area contributed by atoms with Gasteiger partial charge in [0.05, 0.1) is 23.5 Å².